The molecule has 7 nitrogen and oxygen atoms in total. The third-order valence-corrected chi connectivity index (χ3v) is 2.87. The molecule has 1 aromatic carbocycles. The minimum Gasteiger partial charge on any atom is -0.497 e. The van der Waals surface area contributed by atoms with Crippen LogP contribution in [-0.2, 0) is 6.54 Å². The number of hydrogen-bond acceptors (Lipinski definition) is 6. The van der Waals surface area contributed by atoms with Gasteiger partial charge in [-0.2, -0.15) is 10.1 Å². The molecule has 0 aliphatic carbocycles. The zero-order valence-corrected chi connectivity index (χ0v) is 11.3. The van der Waals surface area contributed by atoms with Crippen molar-refractivity contribution in [3.8, 4) is 17.1 Å². The van der Waals surface area contributed by atoms with Crippen molar-refractivity contribution in [2.24, 2.45) is 0 Å². The van der Waals surface area contributed by atoms with Crippen LogP contribution in [0, 0.1) is 0 Å². The zero-order chi connectivity index (χ0) is 14.7. The minimum absolute atomic E-state index is 0.136. The number of ether oxygens (including phenoxy) is 1. The van der Waals surface area contributed by atoms with Crippen molar-refractivity contribution in [3.63, 3.8) is 0 Å². The first-order chi connectivity index (χ1) is 10.3. The molecule has 0 saturated heterocycles. The number of nitrogens with zero attached hydrogens (tertiary/aromatic N) is 4. The Bertz CT molecular complexity index is 809. The summed E-state index contributed by atoms with van der Waals surface area (Å²) >= 11 is 0. The Morgan fingerprint density at radius 1 is 1.29 bits per heavy atom. The van der Waals surface area contributed by atoms with Crippen LogP contribution in [-0.4, -0.2) is 27.0 Å². The maximum Gasteiger partial charge on any atom is 0.267 e. The van der Waals surface area contributed by atoms with E-state index in [1.54, 1.807) is 13.2 Å². The third kappa shape index (κ3) is 2.81. The van der Waals surface area contributed by atoms with E-state index in [4.69, 9.17) is 9.26 Å². The Labute approximate surface area is 119 Å². The van der Waals surface area contributed by atoms with Gasteiger partial charge in [0.05, 0.1) is 7.11 Å². The lowest BCUT2D eigenvalue weighted by Crippen LogP contribution is -2.21. The molecule has 7 heteroatoms. The summed E-state index contributed by atoms with van der Waals surface area (Å²) in [6.07, 6.45) is 1.53. The quantitative estimate of drug-likeness (QED) is 0.719. The molecule has 21 heavy (non-hydrogen) atoms. The predicted octanol–water partition coefficient (Wildman–Crippen LogP) is 1.35. The topological polar surface area (TPSA) is 83.0 Å². The van der Waals surface area contributed by atoms with Crippen molar-refractivity contribution in [2.75, 3.05) is 7.11 Å². The fourth-order valence-corrected chi connectivity index (χ4v) is 1.83. The summed E-state index contributed by atoms with van der Waals surface area (Å²) in [5.74, 6) is 1.46. The maximum atomic E-state index is 11.6. The first-order valence-electron chi connectivity index (χ1n) is 6.25. The molecule has 3 rings (SSSR count). The number of methoxy groups -OCH3 is 1. The lowest BCUT2D eigenvalue weighted by molar-refractivity contribution is 0.363. The van der Waals surface area contributed by atoms with Crippen LogP contribution in [0.5, 0.6) is 5.75 Å². The Kier molecular flexibility index (Phi) is 3.46. The average Bonchev–Trinajstić information content (AvgIpc) is 2.98. The van der Waals surface area contributed by atoms with Gasteiger partial charge in [0.15, 0.2) is 0 Å². The first kappa shape index (κ1) is 13.0. The lowest BCUT2D eigenvalue weighted by atomic mass is 10.2. The molecular formula is C14H12N4O3. The second-order valence-corrected chi connectivity index (χ2v) is 4.26. The van der Waals surface area contributed by atoms with Gasteiger partial charge in [-0.3, -0.25) is 4.79 Å². The maximum absolute atomic E-state index is 11.6. The van der Waals surface area contributed by atoms with Crippen molar-refractivity contribution in [1.82, 2.24) is 19.9 Å². The highest BCUT2D eigenvalue weighted by Crippen LogP contribution is 2.21. The van der Waals surface area contributed by atoms with E-state index in [-0.39, 0.29) is 12.1 Å². The van der Waals surface area contributed by atoms with Crippen LogP contribution in [0.15, 0.2) is 51.9 Å². The van der Waals surface area contributed by atoms with Gasteiger partial charge in [0.2, 0.25) is 11.7 Å². The van der Waals surface area contributed by atoms with Crippen molar-refractivity contribution >= 4 is 0 Å². The van der Waals surface area contributed by atoms with E-state index in [0.717, 1.165) is 5.56 Å². The summed E-state index contributed by atoms with van der Waals surface area (Å²) in [4.78, 5) is 15.8. The highest BCUT2D eigenvalue weighted by Gasteiger charge is 2.10. The SMILES string of the molecule is COc1cccc(-c2noc(Cn3ncccc3=O)n2)c1. The molecule has 2 aromatic heterocycles. The van der Waals surface area contributed by atoms with E-state index < -0.39 is 0 Å². The first-order valence-corrected chi connectivity index (χ1v) is 6.25. The van der Waals surface area contributed by atoms with E-state index in [1.165, 1.54) is 16.9 Å². The van der Waals surface area contributed by atoms with E-state index in [0.29, 0.717) is 17.5 Å². The van der Waals surface area contributed by atoms with Gasteiger partial charge in [0.25, 0.3) is 5.56 Å². The van der Waals surface area contributed by atoms with Gasteiger partial charge in [-0.15, -0.1) is 0 Å². The Hall–Kier alpha value is -2.96. The Morgan fingerprint density at radius 2 is 2.19 bits per heavy atom. The van der Waals surface area contributed by atoms with E-state index in [2.05, 4.69) is 15.2 Å². The molecule has 0 aliphatic rings. The zero-order valence-electron chi connectivity index (χ0n) is 11.3. The molecule has 0 atom stereocenters. The van der Waals surface area contributed by atoms with E-state index >= 15 is 0 Å². The largest absolute Gasteiger partial charge is 0.497 e. The molecule has 0 amide bonds. The van der Waals surface area contributed by atoms with Crippen LogP contribution in [0.25, 0.3) is 11.4 Å². The van der Waals surface area contributed by atoms with Crippen LogP contribution >= 0.6 is 0 Å². The molecule has 0 saturated carbocycles. The van der Waals surface area contributed by atoms with Gasteiger partial charge in [-0.1, -0.05) is 17.3 Å². The summed E-state index contributed by atoms with van der Waals surface area (Å²) < 4.78 is 11.6. The second-order valence-electron chi connectivity index (χ2n) is 4.26. The average molecular weight is 284 g/mol. The van der Waals surface area contributed by atoms with Crippen molar-refractivity contribution in [3.05, 3.63) is 58.8 Å². The molecule has 2 heterocycles. The number of aromatic nitrogens is 4. The molecular weight excluding hydrogens is 272 g/mol. The van der Waals surface area contributed by atoms with Gasteiger partial charge in [-0.25, -0.2) is 4.68 Å². The van der Waals surface area contributed by atoms with Gasteiger partial charge in [0.1, 0.15) is 12.3 Å². The van der Waals surface area contributed by atoms with Gasteiger partial charge in [-0.05, 0) is 18.2 Å². The smallest absolute Gasteiger partial charge is 0.267 e. The monoisotopic (exact) mass is 284 g/mol. The molecule has 106 valence electrons. The lowest BCUT2D eigenvalue weighted by Gasteiger charge is -2.00. The molecule has 0 N–H and O–H groups in total. The van der Waals surface area contributed by atoms with Crippen LogP contribution < -0.4 is 10.3 Å². The summed E-state index contributed by atoms with van der Waals surface area (Å²) in [6, 6.07) is 10.3. The molecule has 0 spiro atoms. The normalized spacial score (nSPS) is 10.5. The van der Waals surface area contributed by atoms with Crippen LogP contribution in [0.4, 0.5) is 0 Å². The third-order valence-electron chi connectivity index (χ3n) is 2.87. The second kappa shape index (κ2) is 5.58. The van der Waals surface area contributed by atoms with Crippen molar-refractivity contribution in [2.45, 2.75) is 6.54 Å². The standard InChI is InChI=1S/C14H12N4O3/c1-20-11-5-2-4-10(8-11)14-16-12(21-17-14)9-18-13(19)6-3-7-15-18/h2-8H,9H2,1H3. The summed E-state index contributed by atoms with van der Waals surface area (Å²) in [6.45, 7) is 0.136. The summed E-state index contributed by atoms with van der Waals surface area (Å²) in [5, 5.41) is 7.84. The van der Waals surface area contributed by atoms with Gasteiger partial charge in [0, 0.05) is 17.8 Å². The minimum atomic E-state index is -0.223. The van der Waals surface area contributed by atoms with Gasteiger partial charge < -0.3 is 9.26 Å². The van der Waals surface area contributed by atoms with Gasteiger partial charge >= 0.3 is 0 Å². The van der Waals surface area contributed by atoms with Crippen LogP contribution in [0.3, 0.4) is 0 Å². The molecule has 0 fully saturated rings. The number of benzene rings is 1. The van der Waals surface area contributed by atoms with Crippen LogP contribution in [0.2, 0.25) is 0 Å². The predicted molar refractivity (Wildman–Crippen MR) is 73.9 cm³/mol. The summed E-state index contributed by atoms with van der Waals surface area (Å²) in [5.41, 5.74) is 0.552. The number of rotatable bonds is 4. The molecule has 0 unspecified atom stereocenters. The van der Waals surface area contributed by atoms with E-state index in [1.807, 2.05) is 24.3 Å². The van der Waals surface area contributed by atoms with Crippen molar-refractivity contribution < 1.29 is 9.26 Å². The molecule has 0 bridgehead atoms. The van der Waals surface area contributed by atoms with Crippen molar-refractivity contribution in [1.29, 1.82) is 0 Å². The molecule has 0 aliphatic heterocycles. The van der Waals surface area contributed by atoms with Crippen LogP contribution in [0.1, 0.15) is 5.89 Å². The fraction of sp³-hybridized carbons (Fsp3) is 0.143. The summed E-state index contributed by atoms with van der Waals surface area (Å²) in [7, 11) is 1.59. The highest BCUT2D eigenvalue weighted by molar-refractivity contribution is 5.56. The highest BCUT2D eigenvalue weighted by atomic mass is 16.5. The Balaban J connectivity index is 1.86. The van der Waals surface area contributed by atoms with E-state index in [9.17, 15) is 4.79 Å². The number of hydrogen-bond donors (Lipinski definition) is 0. The Morgan fingerprint density at radius 3 is 3.00 bits per heavy atom. The fourth-order valence-electron chi connectivity index (χ4n) is 1.83. The molecule has 0 radical (unpaired) electrons. The molecule has 3 aromatic rings.